The predicted octanol–water partition coefficient (Wildman–Crippen LogP) is 10.2. The first kappa shape index (κ1) is 22.6. The first-order valence-electron chi connectivity index (χ1n) is 17.9. The van der Waals surface area contributed by atoms with Gasteiger partial charge >= 0.3 is 0 Å². The highest BCUT2D eigenvalue weighted by molar-refractivity contribution is 6.89. The van der Waals surface area contributed by atoms with Crippen LogP contribution in [0.4, 0.5) is 0 Å². The molecule has 0 bridgehead atoms. The van der Waals surface area contributed by atoms with Gasteiger partial charge in [-0.1, -0.05) is 107 Å². The number of fused-ring (bicyclic) bond motifs is 3. The van der Waals surface area contributed by atoms with Crippen molar-refractivity contribution in [2.45, 2.75) is 60.6 Å². The van der Waals surface area contributed by atoms with Gasteiger partial charge in [0.05, 0.1) is 15.0 Å². The van der Waals surface area contributed by atoms with Gasteiger partial charge in [-0.2, -0.15) is 0 Å². The Labute approximate surface area is 266 Å². The average Bonchev–Trinajstić information content (AvgIpc) is 3.37. The summed E-state index contributed by atoms with van der Waals surface area (Å²) in [6.45, 7) is 11.5. The van der Waals surface area contributed by atoms with Crippen LogP contribution in [0.15, 0.2) is 95.5 Å². The van der Waals surface area contributed by atoms with Gasteiger partial charge in [0.2, 0.25) is 5.69 Å². The van der Waals surface area contributed by atoms with Crippen LogP contribution in [0.25, 0.3) is 55.4 Å². The molecule has 4 aromatic carbocycles. The lowest BCUT2D eigenvalue weighted by Gasteiger charge is -2.23. The lowest BCUT2D eigenvalue weighted by Crippen LogP contribution is -2.46. The summed E-state index contributed by atoms with van der Waals surface area (Å²) in [5.74, 6) is 0. The Morgan fingerprint density at radius 1 is 0.860 bits per heavy atom. The van der Waals surface area contributed by atoms with Gasteiger partial charge in [0.25, 0.3) is 0 Å². The zero-order valence-electron chi connectivity index (χ0n) is 32.4. The number of nitrogens with zero attached hydrogens (tertiary/aromatic N) is 1. The molecule has 3 heteroatoms. The third-order valence-corrected chi connectivity index (χ3v) is 10.0. The van der Waals surface area contributed by atoms with Crippen molar-refractivity contribution in [3.8, 4) is 33.5 Å². The summed E-state index contributed by atoms with van der Waals surface area (Å²) in [7, 11) is -0.114. The quantitative estimate of drug-likeness (QED) is 0.145. The summed E-state index contributed by atoms with van der Waals surface area (Å²) in [4.78, 5) is 0. The van der Waals surface area contributed by atoms with Gasteiger partial charge in [-0.15, -0.1) is 0 Å². The van der Waals surface area contributed by atoms with Crippen LogP contribution in [-0.2, 0) is 13.4 Å². The number of aromatic nitrogens is 1. The molecule has 6 aromatic rings. The van der Waals surface area contributed by atoms with E-state index >= 15 is 0 Å². The molecule has 0 saturated heterocycles. The molecule has 0 fully saturated rings. The summed E-state index contributed by atoms with van der Waals surface area (Å²) in [6, 6.07) is 25.7. The lowest BCUT2D eigenvalue weighted by molar-refractivity contribution is -0.659. The van der Waals surface area contributed by atoms with Gasteiger partial charge in [0.15, 0.2) is 6.20 Å². The fraction of sp³-hybridized carbons (Fsp3) is 0.275. The number of hydrogen-bond acceptors (Lipinski definition) is 1. The monoisotopic (exact) mass is 588 g/mol. The van der Waals surface area contributed by atoms with Gasteiger partial charge < -0.3 is 4.42 Å². The lowest BCUT2D eigenvalue weighted by atomic mass is 9.86. The molecule has 43 heavy (non-hydrogen) atoms. The van der Waals surface area contributed by atoms with Crippen molar-refractivity contribution in [3.05, 3.63) is 108 Å². The Balaban J connectivity index is 1.66. The number of furan rings is 1. The van der Waals surface area contributed by atoms with E-state index in [0.717, 1.165) is 55.1 Å². The van der Waals surface area contributed by atoms with E-state index in [9.17, 15) is 1.37 Å². The molecule has 0 aliphatic heterocycles. The van der Waals surface area contributed by atoms with Gasteiger partial charge in [0.1, 0.15) is 18.2 Å². The van der Waals surface area contributed by atoms with Crippen LogP contribution in [0, 0.1) is 19.2 Å². The third-order valence-electron chi connectivity index (χ3n) is 8.02. The summed E-state index contributed by atoms with van der Waals surface area (Å²) in [5.41, 5.74) is 6.88. The number of pyridine rings is 1. The highest BCUT2D eigenvalue weighted by atomic mass is 28.3. The van der Waals surface area contributed by atoms with Crippen LogP contribution in [0.3, 0.4) is 0 Å². The van der Waals surface area contributed by atoms with Crippen LogP contribution < -0.4 is 9.75 Å². The van der Waals surface area contributed by atoms with Crippen molar-refractivity contribution >= 4 is 35.2 Å². The Kier molecular flexibility index (Phi) is 5.59. The highest BCUT2D eigenvalue weighted by Crippen LogP contribution is 2.39. The molecule has 0 radical (unpaired) electrons. The molecule has 0 amide bonds. The minimum Gasteiger partial charge on any atom is -0.455 e. The molecule has 0 aliphatic rings. The standard InChI is InChI=1S/C40H44NOSi/c1-26-15-18-33-32-20-17-30(29-13-11-10-12-14-29)22-36(32)42-39(33)38(26)35-23-34(37(25-41(35)6)43(7,8)9)31-19-16-28(21-27(31)2)24-40(3,4)5/h10-23,25H,24H2,1-9H3/q+1/i2D3,19D,24D2. The number of aryl methyl sites for hydroxylation is 3. The van der Waals surface area contributed by atoms with E-state index in [1.807, 2.05) is 31.3 Å². The first-order chi connectivity index (χ1) is 22.7. The number of rotatable bonds is 5. The second kappa shape index (κ2) is 10.6. The van der Waals surface area contributed by atoms with E-state index in [4.69, 9.17) is 11.3 Å². The highest BCUT2D eigenvalue weighted by Gasteiger charge is 2.29. The van der Waals surface area contributed by atoms with Gasteiger partial charge in [-0.25, -0.2) is 4.57 Å². The van der Waals surface area contributed by atoms with Crippen LogP contribution in [-0.4, -0.2) is 8.07 Å². The molecule has 0 unspecified atom stereocenters. The molecule has 218 valence electrons. The van der Waals surface area contributed by atoms with Crippen molar-refractivity contribution in [1.29, 1.82) is 0 Å². The fourth-order valence-electron chi connectivity index (χ4n) is 5.99. The fourth-order valence-corrected chi connectivity index (χ4v) is 7.58. The minimum absolute atomic E-state index is 0.00293. The normalized spacial score (nSPS) is 15.1. The predicted molar refractivity (Wildman–Crippen MR) is 187 cm³/mol. The van der Waals surface area contributed by atoms with Crippen molar-refractivity contribution in [2.75, 3.05) is 0 Å². The van der Waals surface area contributed by atoms with Crippen LogP contribution in [0.2, 0.25) is 19.6 Å². The van der Waals surface area contributed by atoms with Crippen molar-refractivity contribution < 1.29 is 17.2 Å². The van der Waals surface area contributed by atoms with Crippen molar-refractivity contribution in [2.24, 2.45) is 12.5 Å². The second-order valence-corrected chi connectivity index (χ2v) is 18.8. The average molecular weight is 589 g/mol. The molecule has 6 rings (SSSR count). The van der Waals surface area contributed by atoms with Gasteiger partial charge in [-0.05, 0) is 76.6 Å². The molecule has 0 aliphatic carbocycles. The second-order valence-electron chi connectivity index (χ2n) is 13.7. The van der Waals surface area contributed by atoms with E-state index in [0.29, 0.717) is 11.1 Å². The molecular formula is C40H44NOSi+. The van der Waals surface area contributed by atoms with E-state index < -0.39 is 26.7 Å². The maximum atomic E-state index is 9.30. The molecule has 0 saturated carbocycles. The number of benzene rings is 4. The number of hydrogen-bond donors (Lipinski definition) is 0. The zero-order valence-corrected chi connectivity index (χ0v) is 27.4. The van der Waals surface area contributed by atoms with Crippen LogP contribution in [0.1, 0.15) is 45.7 Å². The Morgan fingerprint density at radius 3 is 2.30 bits per heavy atom. The summed E-state index contributed by atoms with van der Waals surface area (Å²) in [6.07, 6.45) is 0.238. The molecular weight excluding hydrogens is 539 g/mol. The Hall–Kier alpha value is -3.95. The summed E-state index contributed by atoms with van der Waals surface area (Å²) < 4.78 is 61.7. The van der Waals surface area contributed by atoms with E-state index in [-0.39, 0.29) is 17.2 Å². The van der Waals surface area contributed by atoms with E-state index in [2.05, 4.69) is 79.8 Å². The van der Waals surface area contributed by atoms with E-state index in [1.54, 1.807) is 20.8 Å². The zero-order chi connectivity index (χ0) is 35.8. The van der Waals surface area contributed by atoms with Gasteiger partial charge in [0, 0.05) is 28.9 Å². The molecule has 0 N–H and O–H groups in total. The topological polar surface area (TPSA) is 17.0 Å². The largest absolute Gasteiger partial charge is 0.455 e. The summed E-state index contributed by atoms with van der Waals surface area (Å²) >= 11 is 0. The maximum Gasteiger partial charge on any atom is 0.216 e. The smallest absolute Gasteiger partial charge is 0.216 e. The molecule has 0 spiro atoms. The van der Waals surface area contributed by atoms with Crippen molar-refractivity contribution in [1.82, 2.24) is 0 Å². The third kappa shape index (κ3) is 5.59. The molecule has 2 aromatic heterocycles. The molecule has 2 heterocycles. The molecule has 2 nitrogen and oxygen atoms in total. The van der Waals surface area contributed by atoms with Crippen LogP contribution in [0.5, 0.6) is 0 Å². The van der Waals surface area contributed by atoms with Crippen molar-refractivity contribution in [3.63, 3.8) is 0 Å². The minimum atomic E-state index is -2.57. The summed E-state index contributed by atoms with van der Waals surface area (Å²) in [5, 5.41) is 3.02. The Morgan fingerprint density at radius 2 is 1.60 bits per heavy atom. The van der Waals surface area contributed by atoms with Gasteiger partial charge in [-0.3, -0.25) is 0 Å². The van der Waals surface area contributed by atoms with E-state index in [1.165, 1.54) is 12.1 Å². The Bertz CT molecular complexity index is 2240. The molecule has 0 atom stereocenters. The first-order valence-corrected chi connectivity index (χ1v) is 18.4. The SMILES string of the molecule is [2H]c1cc(C([2H])([2H])C(C)(C)C)cc(C([2H])([2H])[2H])c1-c1cc(-c2c(C)ccc3c2oc2cc(-c4ccccc4)ccc23)[n+](C)cc1[Si](C)(C)C. The van der Waals surface area contributed by atoms with Crippen LogP contribution >= 0.6 is 0 Å². The maximum absolute atomic E-state index is 9.30.